The van der Waals surface area contributed by atoms with Crippen molar-refractivity contribution in [2.75, 3.05) is 18.5 Å². The number of nitrogens with two attached hydrogens (primary N) is 1. The molecule has 0 aromatic heterocycles. The zero-order valence-corrected chi connectivity index (χ0v) is 14.3. The van der Waals surface area contributed by atoms with E-state index in [0.717, 1.165) is 17.9 Å². The molecule has 0 saturated carbocycles. The number of rotatable bonds is 6. The number of nitrogens with zero attached hydrogens (tertiary/aromatic N) is 3. The van der Waals surface area contributed by atoms with E-state index in [0.29, 0.717) is 5.17 Å². The molecule has 0 saturated heterocycles. The Hall–Kier alpha value is -2.27. The topological polar surface area (TPSA) is 54.0 Å². The van der Waals surface area contributed by atoms with Gasteiger partial charge in [0.25, 0.3) is 0 Å². The first kappa shape index (κ1) is 17.1. The first-order chi connectivity index (χ1) is 11.2. The molecule has 0 fully saturated rings. The Morgan fingerprint density at radius 3 is 2.48 bits per heavy atom. The minimum Gasteiger partial charge on any atom is -0.377 e. The number of hydrogen-bond donors (Lipinski definition) is 1. The van der Waals surface area contributed by atoms with Crippen LogP contribution in [0.3, 0.4) is 0 Å². The molecule has 4 nitrogen and oxygen atoms in total. The van der Waals surface area contributed by atoms with Gasteiger partial charge in [0, 0.05) is 25.0 Å². The minimum atomic E-state index is 0.465. The SMILES string of the molecule is CCN(C)c1ccc(C=NN=C(N)SCc2ccccc2)cc1. The molecule has 0 aliphatic carbocycles. The Balaban J connectivity index is 1.87. The molecule has 2 N–H and O–H groups in total. The Labute approximate surface area is 142 Å². The van der Waals surface area contributed by atoms with Crippen LogP contribution >= 0.6 is 11.8 Å². The molecule has 0 heterocycles. The fraction of sp³-hybridized carbons (Fsp3) is 0.222. The summed E-state index contributed by atoms with van der Waals surface area (Å²) in [5.41, 5.74) is 9.27. The smallest absolute Gasteiger partial charge is 0.180 e. The highest BCUT2D eigenvalue weighted by atomic mass is 32.2. The lowest BCUT2D eigenvalue weighted by molar-refractivity contribution is 0.968. The Morgan fingerprint density at radius 2 is 1.83 bits per heavy atom. The van der Waals surface area contributed by atoms with Gasteiger partial charge in [0.2, 0.25) is 0 Å². The molecule has 0 unspecified atom stereocenters. The second-order valence-corrected chi connectivity index (χ2v) is 6.06. The molecule has 23 heavy (non-hydrogen) atoms. The van der Waals surface area contributed by atoms with Crippen LogP contribution < -0.4 is 10.6 Å². The highest BCUT2D eigenvalue weighted by molar-refractivity contribution is 8.13. The maximum absolute atomic E-state index is 5.86. The van der Waals surface area contributed by atoms with Gasteiger partial charge in [-0.3, -0.25) is 0 Å². The summed E-state index contributed by atoms with van der Waals surface area (Å²) in [6, 6.07) is 18.4. The summed E-state index contributed by atoms with van der Waals surface area (Å²) >= 11 is 1.48. The molecular formula is C18H22N4S. The van der Waals surface area contributed by atoms with E-state index < -0.39 is 0 Å². The van der Waals surface area contributed by atoms with Crippen molar-refractivity contribution in [1.82, 2.24) is 0 Å². The normalized spacial score (nSPS) is 11.8. The minimum absolute atomic E-state index is 0.465. The van der Waals surface area contributed by atoms with Gasteiger partial charge in [-0.15, -0.1) is 5.10 Å². The maximum atomic E-state index is 5.86. The molecule has 0 spiro atoms. The highest BCUT2D eigenvalue weighted by Gasteiger charge is 1.97. The number of hydrogen-bond acceptors (Lipinski definition) is 4. The van der Waals surface area contributed by atoms with E-state index in [2.05, 4.69) is 53.3 Å². The maximum Gasteiger partial charge on any atom is 0.180 e. The summed E-state index contributed by atoms with van der Waals surface area (Å²) in [6.07, 6.45) is 1.71. The molecule has 0 bridgehead atoms. The van der Waals surface area contributed by atoms with Crippen molar-refractivity contribution in [3.63, 3.8) is 0 Å². The average molecular weight is 326 g/mol. The molecule has 5 heteroatoms. The van der Waals surface area contributed by atoms with Crippen molar-refractivity contribution in [3.05, 3.63) is 65.7 Å². The van der Waals surface area contributed by atoms with E-state index in [-0.39, 0.29) is 0 Å². The van der Waals surface area contributed by atoms with Crippen LogP contribution in [0, 0.1) is 0 Å². The van der Waals surface area contributed by atoms with Crippen molar-refractivity contribution >= 4 is 28.8 Å². The summed E-state index contributed by atoms with van der Waals surface area (Å²) in [5, 5.41) is 8.54. The van der Waals surface area contributed by atoms with Crippen molar-refractivity contribution in [1.29, 1.82) is 0 Å². The van der Waals surface area contributed by atoms with Crippen LogP contribution in [0.1, 0.15) is 18.1 Å². The molecule has 2 aromatic rings. The summed E-state index contributed by atoms with van der Waals surface area (Å²) in [5.74, 6) is 0.795. The molecular weight excluding hydrogens is 304 g/mol. The van der Waals surface area contributed by atoms with Gasteiger partial charge in [-0.05, 0) is 30.2 Å². The van der Waals surface area contributed by atoms with Gasteiger partial charge in [-0.1, -0.05) is 54.2 Å². The largest absolute Gasteiger partial charge is 0.377 e. The predicted molar refractivity (Wildman–Crippen MR) is 102 cm³/mol. The van der Waals surface area contributed by atoms with Crippen LogP contribution in [0.4, 0.5) is 5.69 Å². The van der Waals surface area contributed by atoms with E-state index in [9.17, 15) is 0 Å². The lowest BCUT2D eigenvalue weighted by atomic mass is 10.2. The third kappa shape index (κ3) is 5.79. The predicted octanol–water partition coefficient (Wildman–Crippen LogP) is 3.72. The van der Waals surface area contributed by atoms with E-state index in [1.165, 1.54) is 23.0 Å². The van der Waals surface area contributed by atoms with Crippen molar-refractivity contribution in [3.8, 4) is 0 Å². The molecule has 2 aromatic carbocycles. The third-order valence-electron chi connectivity index (χ3n) is 3.40. The summed E-state index contributed by atoms with van der Waals surface area (Å²) in [4.78, 5) is 2.18. The molecule has 0 aliphatic rings. The monoisotopic (exact) mass is 326 g/mol. The first-order valence-electron chi connectivity index (χ1n) is 7.53. The van der Waals surface area contributed by atoms with E-state index >= 15 is 0 Å². The van der Waals surface area contributed by atoms with E-state index in [1.807, 2.05) is 30.3 Å². The fourth-order valence-electron chi connectivity index (χ4n) is 1.91. The zero-order chi connectivity index (χ0) is 16.5. The highest BCUT2D eigenvalue weighted by Crippen LogP contribution is 2.13. The Bertz CT molecular complexity index is 650. The molecule has 120 valence electrons. The number of thioether (sulfide) groups is 1. The lowest BCUT2D eigenvalue weighted by Crippen LogP contribution is -2.15. The third-order valence-corrected chi connectivity index (χ3v) is 4.26. The Morgan fingerprint density at radius 1 is 1.13 bits per heavy atom. The van der Waals surface area contributed by atoms with Gasteiger partial charge < -0.3 is 10.6 Å². The van der Waals surface area contributed by atoms with Gasteiger partial charge in [-0.25, -0.2) is 0 Å². The van der Waals surface area contributed by atoms with Crippen molar-refractivity contribution in [2.24, 2.45) is 15.9 Å². The van der Waals surface area contributed by atoms with Crippen LogP contribution in [0.15, 0.2) is 64.8 Å². The van der Waals surface area contributed by atoms with Crippen LogP contribution in [0.2, 0.25) is 0 Å². The second-order valence-electron chi connectivity index (χ2n) is 5.06. The van der Waals surface area contributed by atoms with E-state index in [1.54, 1.807) is 6.21 Å². The van der Waals surface area contributed by atoms with Crippen LogP contribution in [-0.4, -0.2) is 25.0 Å². The average Bonchev–Trinajstić information content (AvgIpc) is 2.61. The summed E-state index contributed by atoms with van der Waals surface area (Å²) in [6.45, 7) is 3.10. The van der Waals surface area contributed by atoms with Gasteiger partial charge >= 0.3 is 0 Å². The summed E-state index contributed by atoms with van der Waals surface area (Å²) < 4.78 is 0. The van der Waals surface area contributed by atoms with Gasteiger partial charge in [0.05, 0.1) is 6.21 Å². The molecule has 0 amide bonds. The molecule has 0 atom stereocenters. The standard InChI is InChI=1S/C18H22N4S/c1-3-22(2)17-11-9-15(10-12-17)13-20-21-18(19)23-14-16-7-5-4-6-8-16/h4-13H,3,14H2,1-2H3,(H2,19,21). The summed E-state index contributed by atoms with van der Waals surface area (Å²) in [7, 11) is 2.07. The molecule has 2 rings (SSSR count). The van der Waals surface area contributed by atoms with Gasteiger partial charge in [0.15, 0.2) is 5.17 Å². The van der Waals surface area contributed by atoms with E-state index in [4.69, 9.17) is 5.73 Å². The number of anilines is 1. The number of benzene rings is 2. The molecule has 0 radical (unpaired) electrons. The van der Waals surface area contributed by atoms with Crippen LogP contribution in [0.25, 0.3) is 0 Å². The fourth-order valence-corrected chi connectivity index (χ4v) is 2.52. The number of amidine groups is 1. The second kappa shape index (κ2) is 9.00. The zero-order valence-electron chi connectivity index (χ0n) is 13.5. The first-order valence-corrected chi connectivity index (χ1v) is 8.52. The Kier molecular flexibility index (Phi) is 6.69. The van der Waals surface area contributed by atoms with Crippen molar-refractivity contribution in [2.45, 2.75) is 12.7 Å². The van der Waals surface area contributed by atoms with Gasteiger partial charge in [-0.2, -0.15) is 5.10 Å². The quantitative estimate of drug-likeness (QED) is 0.500. The van der Waals surface area contributed by atoms with Crippen LogP contribution in [0.5, 0.6) is 0 Å². The van der Waals surface area contributed by atoms with Gasteiger partial charge in [0.1, 0.15) is 0 Å². The van der Waals surface area contributed by atoms with Crippen LogP contribution in [-0.2, 0) is 5.75 Å². The van der Waals surface area contributed by atoms with Crippen molar-refractivity contribution < 1.29 is 0 Å². The molecule has 0 aliphatic heterocycles. The lowest BCUT2D eigenvalue weighted by Gasteiger charge is -2.16.